The van der Waals surface area contributed by atoms with Crippen molar-refractivity contribution >= 4 is 0 Å². The second kappa shape index (κ2) is 6.42. The monoisotopic (exact) mass is 185 g/mol. The summed E-state index contributed by atoms with van der Waals surface area (Å²) in [6.45, 7) is 13.8. The summed E-state index contributed by atoms with van der Waals surface area (Å²) in [6, 6.07) is 0. The summed E-state index contributed by atoms with van der Waals surface area (Å²) in [6.07, 6.45) is 5.49. The largest absolute Gasteiger partial charge is 0.298 e. The molecule has 0 bridgehead atoms. The van der Waals surface area contributed by atoms with Crippen LogP contribution in [0.1, 0.15) is 60.3 Å². The normalized spacial score (nSPS) is 19.2. The fraction of sp³-hybridized carbons (Fsp3) is 1.00. The zero-order valence-electron chi connectivity index (χ0n) is 10.2. The van der Waals surface area contributed by atoms with Crippen molar-refractivity contribution in [1.82, 2.24) is 4.90 Å². The van der Waals surface area contributed by atoms with E-state index in [4.69, 9.17) is 0 Å². The van der Waals surface area contributed by atoms with E-state index in [0.29, 0.717) is 5.54 Å². The summed E-state index contributed by atoms with van der Waals surface area (Å²) in [5, 5.41) is 0. The van der Waals surface area contributed by atoms with E-state index in [9.17, 15) is 0 Å². The lowest BCUT2D eigenvalue weighted by Gasteiger charge is -2.38. The molecule has 1 heterocycles. The molecule has 1 nitrogen and oxygen atoms in total. The van der Waals surface area contributed by atoms with Crippen LogP contribution in [-0.4, -0.2) is 23.5 Å². The van der Waals surface area contributed by atoms with Gasteiger partial charge in [0.2, 0.25) is 0 Å². The molecule has 0 N–H and O–H groups in total. The van der Waals surface area contributed by atoms with Gasteiger partial charge < -0.3 is 0 Å². The summed E-state index contributed by atoms with van der Waals surface area (Å²) in [4.78, 5) is 2.58. The topological polar surface area (TPSA) is 3.24 Å². The van der Waals surface area contributed by atoms with Crippen LogP contribution in [0.15, 0.2) is 0 Å². The third kappa shape index (κ3) is 6.09. The Balaban J connectivity index is 0.000000424. The molecule has 1 aliphatic rings. The standard InChI is InChI=1S/C9H19N.C3H8/c1-9(2,3)10-7-5-4-6-8-10;1-3-2/h4-8H2,1-3H3;3H2,1-2H3. The third-order valence-electron chi connectivity index (χ3n) is 2.30. The first-order valence-corrected chi connectivity index (χ1v) is 5.77. The van der Waals surface area contributed by atoms with E-state index in [1.165, 1.54) is 38.8 Å². The maximum atomic E-state index is 2.58. The second-order valence-corrected chi connectivity index (χ2v) is 4.93. The van der Waals surface area contributed by atoms with Crippen LogP contribution >= 0.6 is 0 Å². The Morgan fingerprint density at radius 1 is 0.923 bits per heavy atom. The highest BCUT2D eigenvalue weighted by atomic mass is 15.2. The van der Waals surface area contributed by atoms with Gasteiger partial charge in [0.15, 0.2) is 0 Å². The number of hydrogen-bond acceptors (Lipinski definition) is 1. The molecule has 1 fully saturated rings. The molecule has 0 spiro atoms. The molecule has 80 valence electrons. The lowest BCUT2D eigenvalue weighted by molar-refractivity contribution is 0.111. The molecule has 0 saturated carbocycles. The number of piperidine rings is 1. The average Bonchev–Trinajstić information content (AvgIpc) is 2.06. The van der Waals surface area contributed by atoms with E-state index < -0.39 is 0 Å². The van der Waals surface area contributed by atoms with Crippen molar-refractivity contribution in [3.05, 3.63) is 0 Å². The van der Waals surface area contributed by atoms with Gasteiger partial charge in [0, 0.05) is 5.54 Å². The van der Waals surface area contributed by atoms with Crippen molar-refractivity contribution in [3.8, 4) is 0 Å². The maximum absolute atomic E-state index is 2.58. The maximum Gasteiger partial charge on any atom is 0.0125 e. The number of likely N-dealkylation sites (tertiary alicyclic amines) is 1. The first-order valence-electron chi connectivity index (χ1n) is 5.77. The summed E-state index contributed by atoms with van der Waals surface area (Å²) >= 11 is 0. The van der Waals surface area contributed by atoms with Crippen LogP contribution < -0.4 is 0 Å². The predicted octanol–water partition coefficient (Wildman–Crippen LogP) is 3.69. The van der Waals surface area contributed by atoms with Crippen molar-refractivity contribution in [2.45, 2.75) is 65.8 Å². The molecule has 1 saturated heterocycles. The van der Waals surface area contributed by atoms with E-state index in [1.54, 1.807) is 0 Å². The van der Waals surface area contributed by atoms with Gasteiger partial charge in [0.1, 0.15) is 0 Å². The molecule has 13 heavy (non-hydrogen) atoms. The van der Waals surface area contributed by atoms with Crippen molar-refractivity contribution in [2.24, 2.45) is 0 Å². The number of hydrogen-bond donors (Lipinski definition) is 0. The smallest absolute Gasteiger partial charge is 0.0125 e. The first kappa shape index (κ1) is 13.0. The van der Waals surface area contributed by atoms with E-state index in [0.717, 1.165) is 0 Å². The van der Waals surface area contributed by atoms with E-state index in [2.05, 4.69) is 39.5 Å². The summed E-state index contributed by atoms with van der Waals surface area (Å²) in [5.74, 6) is 0. The van der Waals surface area contributed by atoms with Gasteiger partial charge in [-0.3, -0.25) is 4.90 Å². The highest BCUT2D eigenvalue weighted by Crippen LogP contribution is 2.18. The van der Waals surface area contributed by atoms with Gasteiger partial charge in [-0.2, -0.15) is 0 Å². The van der Waals surface area contributed by atoms with Gasteiger partial charge in [-0.25, -0.2) is 0 Å². The Kier molecular flexibility index (Phi) is 6.40. The summed E-state index contributed by atoms with van der Waals surface area (Å²) < 4.78 is 0. The minimum absolute atomic E-state index is 0.403. The van der Waals surface area contributed by atoms with Crippen molar-refractivity contribution in [1.29, 1.82) is 0 Å². The molecule has 1 heteroatoms. The zero-order chi connectivity index (χ0) is 10.3. The van der Waals surface area contributed by atoms with Gasteiger partial charge >= 0.3 is 0 Å². The van der Waals surface area contributed by atoms with Gasteiger partial charge in [-0.1, -0.05) is 26.7 Å². The van der Waals surface area contributed by atoms with Gasteiger partial charge in [0.05, 0.1) is 0 Å². The van der Waals surface area contributed by atoms with Gasteiger partial charge in [0.25, 0.3) is 0 Å². The van der Waals surface area contributed by atoms with Crippen LogP contribution in [0.25, 0.3) is 0 Å². The number of rotatable bonds is 0. The van der Waals surface area contributed by atoms with Crippen LogP contribution in [0, 0.1) is 0 Å². The Labute approximate surface area is 84.5 Å². The first-order chi connectivity index (χ1) is 6.02. The molecule has 0 unspecified atom stereocenters. The fourth-order valence-electron chi connectivity index (χ4n) is 1.56. The van der Waals surface area contributed by atoms with Gasteiger partial charge in [-0.15, -0.1) is 0 Å². The molecule has 0 amide bonds. The Bertz CT molecular complexity index is 107. The third-order valence-corrected chi connectivity index (χ3v) is 2.30. The molecule has 0 aromatic heterocycles. The Hall–Kier alpha value is -0.0400. The van der Waals surface area contributed by atoms with Crippen molar-refractivity contribution in [2.75, 3.05) is 13.1 Å². The van der Waals surface area contributed by atoms with Crippen LogP contribution in [0.2, 0.25) is 0 Å². The molecule has 0 aromatic carbocycles. The molecular weight excluding hydrogens is 158 g/mol. The SMILES string of the molecule is CC(C)(C)N1CCCCC1.CCC. The lowest BCUT2D eigenvalue weighted by atomic mass is 10.0. The lowest BCUT2D eigenvalue weighted by Crippen LogP contribution is -2.44. The molecule has 0 atom stereocenters. The highest BCUT2D eigenvalue weighted by molar-refractivity contribution is 4.78. The molecule has 1 aliphatic heterocycles. The zero-order valence-corrected chi connectivity index (χ0v) is 10.2. The molecular formula is C12H27N. The molecule has 0 aliphatic carbocycles. The molecule has 0 radical (unpaired) electrons. The van der Waals surface area contributed by atoms with E-state index in [1.807, 2.05) is 0 Å². The van der Waals surface area contributed by atoms with Crippen LogP contribution in [-0.2, 0) is 0 Å². The number of nitrogens with zero attached hydrogens (tertiary/aromatic N) is 1. The summed E-state index contributed by atoms with van der Waals surface area (Å²) in [5.41, 5.74) is 0.403. The van der Waals surface area contributed by atoms with E-state index in [-0.39, 0.29) is 0 Å². The van der Waals surface area contributed by atoms with Crippen LogP contribution in [0.5, 0.6) is 0 Å². The fourth-order valence-corrected chi connectivity index (χ4v) is 1.56. The van der Waals surface area contributed by atoms with Gasteiger partial charge in [-0.05, 0) is 46.7 Å². The Morgan fingerprint density at radius 2 is 1.31 bits per heavy atom. The second-order valence-electron chi connectivity index (χ2n) is 4.93. The minimum atomic E-state index is 0.403. The highest BCUT2D eigenvalue weighted by Gasteiger charge is 2.21. The van der Waals surface area contributed by atoms with Crippen molar-refractivity contribution in [3.63, 3.8) is 0 Å². The Morgan fingerprint density at radius 3 is 1.54 bits per heavy atom. The van der Waals surface area contributed by atoms with Crippen LogP contribution in [0.4, 0.5) is 0 Å². The van der Waals surface area contributed by atoms with E-state index >= 15 is 0 Å². The minimum Gasteiger partial charge on any atom is -0.298 e. The molecule has 0 aromatic rings. The van der Waals surface area contributed by atoms with Crippen LogP contribution in [0.3, 0.4) is 0 Å². The summed E-state index contributed by atoms with van der Waals surface area (Å²) in [7, 11) is 0. The quantitative estimate of drug-likeness (QED) is 0.556. The van der Waals surface area contributed by atoms with Crippen molar-refractivity contribution < 1.29 is 0 Å². The average molecular weight is 185 g/mol. The predicted molar refractivity (Wildman–Crippen MR) is 61.1 cm³/mol. The molecule has 1 rings (SSSR count).